The Morgan fingerprint density at radius 2 is 2.19 bits per heavy atom. The number of alkyl halides is 3. The molecule has 0 aliphatic carbocycles. The second-order valence-corrected chi connectivity index (χ2v) is 7.05. The maximum absolute atomic E-state index is 12.8. The fraction of sp³-hybridized carbons (Fsp3) is 0.588. The van der Waals surface area contributed by atoms with Crippen LogP contribution in [0.3, 0.4) is 0 Å². The molecule has 0 spiro atoms. The normalized spacial score (nSPS) is 17.4. The molecule has 0 unspecified atom stereocenters. The van der Waals surface area contributed by atoms with Crippen LogP contribution in [0.5, 0.6) is 0 Å². The summed E-state index contributed by atoms with van der Waals surface area (Å²) in [4.78, 5) is 17.7. The molecule has 0 N–H and O–H groups in total. The number of rotatable bonds is 4. The highest BCUT2D eigenvalue weighted by Crippen LogP contribution is 2.31. The van der Waals surface area contributed by atoms with Crippen molar-refractivity contribution < 1.29 is 22.5 Å². The van der Waals surface area contributed by atoms with Gasteiger partial charge in [0.2, 0.25) is 0 Å². The van der Waals surface area contributed by atoms with Crippen molar-refractivity contribution in [2.45, 2.75) is 45.3 Å². The van der Waals surface area contributed by atoms with E-state index in [1.54, 1.807) is 22.6 Å². The molecule has 3 rings (SSSR count). The largest absolute Gasteiger partial charge is 0.434 e. The van der Waals surface area contributed by atoms with Crippen LogP contribution < -0.4 is 0 Å². The predicted molar refractivity (Wildman–Crippen MR) is 86.6 cm³/mol. The molecule has 1 aliphatic heterocycles. The Balaban J connectivity index is 1.64. The SMILES string of the molecule is CC(C)c1cc(C(=O)N(C)C[C@@H]2CCc3nc(C(F)(F)F)cn3C2)no1. The standard InChI is InChI=1S/C17H21F3N4O2/c1-10(2)13-6-12(22-26-13)16(25)23(3)7-11-4-5-15-21-14(17(18,19)20)9-24(15)8-11/h6,9-11H,4-5,7-8H2,1-3H3/t11-/m0/s1. The molecule has 0 radical (unpaired) electrons. The molecule has 9 heteroatoms. The number of hydrogen-bond donors (Lipinski definition) is 0. The van der Waals surface area contributed by atoms with Gasteiger partial charge >= 0.3 is 6.18 Å². The zero-order chi connectivity index (χ0) is 19.1. The third-order valence-corrected chi connectivity index (χ3v) is 4.58. The minimum absolute atomic E-state index is 0.0585. The number of amides is 1. The molecular weight excluding hydrogens is 349 g/mol. The maximum Gasteiger partial charge on any atom is 0.434 e. The van der Waals surface area contributed by atoms with Crippen LogP contribution in [0.4, 0.5) is 13.2 Å². The van der Waals surface area contributed by atoms with Gasteiger partial charge in [-0.25, -0.2) is 4.98 Å². The Morgan fingerprint density at radius 1 is 1.46 bits per heavy atom. The smallest absolute Gasteiger partial charge is 0.360 e. The predicted octanol–water partition coefficient (Wildman–Crippen LogP) is 3.35. The Labute approximate surface area is 149 Å². The summed E-state index contributed by atoms with van der Waals surface area (Å²) in [6, 6.07) is 1.63. The maximum atomic E-state index is 12.8. The van der Waals surface area contributed by atoms with E-state index in [-0.39, 0.29) is 23.4 Å². The molecule has 0 aromatic carbocycles. The van der Waals surface area contributed by atoms with E-state index in [0.717, 1.165) is 6.20 Å². The van der Waals surface area contributed by atoms with E-state index in [1.807, 2.05) is 13.8 Å². The fourth-order valence-corrected chi connectivity index (χ4v) is 3.13. The molecule has 0 saturated carbocycles. The lowest BCUT2D eigenvalue weighted by molar-refractivity contribution is -0.141. The van der Waals surface area contributed by atoms with Gasteiger partial charge in [0.25, 0.3) is 5.91 Å². The van der Waals surface area contributed by atoms with Crippen LogP contribution in [0.15, 0.2) is 16.8 Å². The lowest BCUT2D eigenvalue weighted by atomic mass is 9.99. The topological polar surface area (TPSA) is 64.2 Å². The molecule has 6 nitrogen and oxygen atoms in total. The van der Waals surface area contributed by atoms with Crippen LogP contribution in [-0.4, -0.2) is 39.1 Å². The van der Waals surface area contributed by atoms with E-state index in [2.05, 4.69) is 10.1 Å². The highest BCUT2D eigenvalue weighted by molar-refractivity contribution is 5.92. The summed E-state index contributed by atoms with van der Waals surface area (Å²) in [5, 5.41) is 3.81. The molecule has 2 aromatic rings. The van der Waals surface area contributed by atoms with Crippen LogP contribution in [0.2, 0.25) is 0 Å². The molecule has 1 atom stereocenters. The van der Waals surface area contributed by atoms with Crippen molar-refractivity contribution in [3.05, 3.63) is 35.2 Å². The summed E-state index contributed by atoms with van der Waals surface area (Å²) in [5.74, 6) is 1.02. The average molecular weight is 370 g/mol. The van der Waals surface area contributed by atoms with Gasteiger partial charge in [0, 0.05) is 44.7 Å². The van der Waals surface area contributed by atoms with Gasteiger partial charge in [-0.2, -0.15) is 13.2 Å². The summed E-state index contributed by atoms with van der Waals surface area (Å²) in [5.41, 5.74) is -0.615. The highest BCUT2D eigenvalue weighted by atomic mass is 19.4. The lowest BCUT2D eigenvalue weighted by Crippen LogP contribution is -2.35. The molecule has 0 fully saturated rings. The quantitative estimate of drug-likeness (QED) is 0.828. The van der Waals surface area contributed by atoms with Crippen molar-refractivity contribution in [2.24, 2.45) is 5.92 Å². The second kappa shape index (κ2) is 6.77. The number of carbonyl (C=O) groups excluding carboxylic acids is 1. The molecule has 3 heterocycles. The summed E-state index contributed by atoms with van der Waals surface area (Å²) >= 11 is 0. The summed E-state index contributed by atoms with van der Waals surface area (Å²) in [7, 11) is 1.66. The molecule has 0 bridgehead atoms. The Morgan fingerprint density at radius 3 is 2.81 bits per heavy atom. The van der Waals surface area contributed by atoms with Gasteiger partial charge in [-0.05, 0) is 12.3 Å². The van der Waals surface area contributed by atoms with E-state index >= 15 is 0 Å². The fourth-order valence-electron chi connectivity index (χ4n) is 3.13. The minimum atomic E-state index is -4.44. The van der Waals surface area contributed by atoms with Gasteiger partial charge in [0.15, 0.2) is 11.4 Å². The third kappa shape index (κ3) is 3.76. The monoisotopic (exact) mass is 370 g/mol. The van der Waals surface area contributed by atoms with Crippen molar-refractivity contribution in [1.82, 2.24) is 19.6 Å². The average Bonchev–Trinajstić information content (AvgIpc) is 3.20. The van der Waals surface area contributed by atoms with Crippen LogP contribution in [0, 0.1) is 5.92 Å². The van der Waals surface area contributed by atoms with Crippen LogP contribution in [0.25, 0.3) is 0 Å². The van der Waals surface area contributed by atoms with Crippen molar-refractivity contribution >= 4 is 5.91 Å². The first kappa shape index (κ1) is 18.5. The second-order valence-electron chi connectivity index (χ2n) is 7.05. The van der Waals surface area contributed by atoms with Crippen LogP contribution >= 0.6 is 0 Å². The lowest BCUT2D eigenvalue weighted by Gasteiger charge is -2.27. The number of hydrogen-bond acceptors (Lipinski definition) is 4. The Kier molecular flexibility index (Phi) is 4.81. The number of imidazole rings is 1. The zero-order valence-electron chi connectivity index (χ0n) is 14.9. The van der Waals surface area contributed by atoms with E-state index in [4.69, 9.17) is 4.52 Å². The molecule has 1 amide bonds. The van der Waals surface area contributed by atoms with Crippen LogP contribution in [-0.2, 0) is 19.1 Å². The molecule has 2 aromatic heterocycles. The summed E-state index contributed by atoms with van der Waals surface area (Å²) < 4.78 is 45.1. The molecule has 1 aliphatic rings. The molecule has 26 heavy (non-hydrogen) atoms. The minimum Gasteiger partial charge on any atom is -0.360 e. The first-order valence-electron chi connectivity index (χ1n) is 8.50. The van der Waals surface area contributed by atoms with Crippen molar-refractivity contribution in [2.75, 3.05) is 13.6 Å². The van der Waals surface area contributed by atoms with Gasteiger partial charge < -0.3 is 14.0 Å². The Hall–Kier alpha value is -2.32. The van der Waals surface area contributed by atoms with Gasteiger partial charge in [-0.1, -0.05) is 19.0 Å². The summed E-state index contributed by atoms with van der Waals surface area (Å²) in [6.45, 7) is 4.73. The highest BCUT2D eigenvalue weighted by Gasteiger charge is 2.36. The van der Waals surface area contributed by atoms with E-state index in [1.165, 1.54) is 0 Å². The first-order chi connectivity index (χ1) is 12.1. The van der Waals surface area contributed by atoms with Gasteiger partial charge in [0.1, 0.15) is 11.6 Å². The number of halogens is 3. The number of carbonyl (C=O) groups is 1. The molecular formula is C17H21F3N4O2. The summed E-state index contributed by atoms with van der Waals surface area (Å²) in [6.07, 6.45) is -2.24. The van der Waals surface area contributed by atoms with Gasteiger partial charge in [-0.3, -0.25) is 4.79 Å². The first-order valence-corrected chi connectivity index (χ1v) is 8.50. The Bertz CT molecular complexity index is 794. The third-order valence-electron chi connectivity index (χ3n) is 4.58. The van der Waals surface area contributed by atoms with Crippen molar-refractivity contribution in [1.29, 1.82) is 0 Å². The van der Waals surface area contributed by atoms with Gasteiger partial charge in [0.05, 0.1) is 0 Å². The van der Waals surface area contributed by atoms with Crippen molar-refractivity contribution in [3.8, 4) is 0 Å². The van der Waals surface area contributed by atoms with E-state index in [0.29, 0.717) is 37.5 Å². The van der Waals surface area contributed by atoms with Gasteiger partial charge in [-0.15, -0.1) is 0 Å². The van der Waals surface area contributed by atoms with Crippen molar-refractivity contribution in [3.63, 3.8) is 0 Å². The van der Waals surface area contributed by atoms with E-state index < -0.39 is 11.9 Å². The molecule has 0 saturated heterocycles. The number of fused-ring (bicyclic) bond motifs is 1. The number of aromatic nitrogens is 3. The van der Waals surface area contributed by atoms with Crippen LogP contribution in [0.1, 0.15) is 54.0 Å². The zero-order valence-corrected chi connectivity index (χ0v) is 14.9. The number of nitrogens with zero attached hydrogens (tertiary/aromatic N) is 4. The number of aryl methyl sites for hydroxylation is 1. The van der Waals surface area contributed by atoms with E-state index in [9.17, 15) is 18.0 Å². The molecule has 142 valence electrons.